The first-order valence-electron chi connectivity index (χ1n) is 6.20. The van der Waals surface area contributed by atoms with E-state index >= 15 is 0 Å². The average molecular weight is 178 g/mol. The molecule has 0 amide bonds. The summed E-state index contributed by atoms with van der Waals surface area (Å²) in [6, 6.07) is 0. The molecule has 5 atom stereocenters. The Morgan fingerprint density at radius 2 is 1.92 bits per heavy atom. The Kier molecular flexibility index (Phi) is 1.61. The molecule has 13 heavy (non-hydrogen) atoms. The summed E-state index contributed by atoms with van der Waals surface area (Å²) in [4.78, 5) is 0. The average Bonchev–Trinajstić information content (AvgIpc) is 2.66. The molecule has 2 bridgehead atoms. The second-order valence-corrected chi connectivity index (χ2v) is 6.26. The maximum atomic E-state index is 2.60. The molecule has 0 saturated heterocycles. The highest BCUT2D eigenvalue weighted by atomic mass is 14.6. The minimum Gasteiger partial charge on any atom is -0.0625 e. The molecule has 3 saturated carbocycles. The van der Waals surface area contributed by atoms with E-state index in [2.05, 4.69) is 13.8 Å². The van der Waals surface area contributed by atoms with E-state index in [9.17, 15) is 0 Å². The monoisotopic (exact) mass is 178 g/mol. The summed E-state index contributed by atoms with van der Waals surface area (Å²) in [5.41, 5.74) is 0.787. The van der Waals surface area contributed by atoms with Crippen LogP contribution < -0.4 is 0 Å². The third-order valence-electron chi connectivity index (χ3n) is 5.65. The van der Waals surface area contributed by atoms with Crippen LogP contribution in [0.3, 0.4) is 0 Å². The van der Waals surface area contributed by atoms with E-state index in [0.717, 1.165) is 29.1 Å². The van der Waals surface area contributed by atoms with Crippen LogP contribution in [0.2, 0.25) is 0 Å². The third-order valence-corrected chi connectivity index (χ3v) is 5.65. The summed E-state index contributed by atoms with van der Waals surface area (Å²) in [7, 11) is 0. The zero-order chi connectivity index (χ0) is 9.05. The lowest BCUT2D eigenvalue weighted by molar-refractivity contribution is 0.0303. The van der Waals surface area contributed by atoms with Crippen molar-refractivity contribution < 1.29 is 0 Å². The Morgan fingerprint density at radius 3 is 2.77 bits per heavy atom. The van der Waals surface area contributed by atoms with Gasteiger partial charge in [-0.25, -0.2) is 0 Å². The Bertz CT molecular complexity index is 220. The first-order chi connectivity index (χ1) is 6.20. The number of fused-ring (bicyclic) bond motifs is 5. The van der Waals surface area contributed by atoms with Crippen LogP contribution in [0.25, 0.3) is 0 Å². The quantitative estimate of drug-likeness (QED) is 0.528. The molecular weight excluding hydrogens is 156 g/mol. The van der Waals surface area contributed by atoms with Crippen molar-refractivity contribution in [2.75, 3.05) is 0 Å². The Hall–Kier alpha value is 0. The molecule has 0 heteroatoms. The van der Waals surface area contributed by atoms with E-state index < -0.39 is 0 Å². The van der Waals surface area contributed by atoms with Gasteiger partial charge in [-0.05, 0) is 61.2 Å². The minimum atomic E-state index is 0.787. The summed E-state index contributed by atoms with van der Waals surface area (Å²) in [5, 5.41) is 0. The molecule has 4 unspecified atom stereocenters. The molecule has 74 valence electrons. The summed E-state index contributed by atoms with van der Waals surface area (Å²) in [6.45, 7) is 5.07. The van der Waals surface area contributed by atoms with E-state index in [4.69, 9.17) is 0 Å². The van der Waals surface area contributed by atoms with Crippen molar-refractivity contribution in [3.8, 4) is 0 Å². The standard InChI is InChI=1S/C13H22/c1-9-5-6-13(2)11-4-3-10(8-11)12(13)7-9/h9-12H,3-8H2,1-2H3/t9-,10?,11?,12?,13?/m1/s1. The normalized spacial score (nSPS) is 59.5. The molecular formula is C13H22. The Labute approximate surface area is 82.1 Å². The Morgan fingerprint density at radius 1 is 1.08 bits per heavy atom. The second-order valence-electron chi connectivity index (χ2n) is 6.26. The molecule has 3 fully saturated rings. The summed E-state index contributed by atoms with van der Waals surface area (Å²) in [6.07, 6.45) is 9.32. The molecule has 0 aliphatic heterocycles. The van der Waals surface area contributed by atoms with Gasteiger partial charge in [-0.3, -0.25) is 0 Å². The van der Waals surface area contributed by atoms with Gasteiger partial charge in [-0.2, -0.15) is 0 Å². The van der Waals surface area contributed by atoms with Crippen LogP contribution in [0.4, 0.5) is 0 Å². The fourth-order valence-electron chi connectivity index (χ4n) is 4.78. The van der Waals surface area contributed by atoms with Crippen molar-refractivity contribution in [3.05, 3.63) is 0 Å². The maximum absolute atomic E-state index is 2.60. The first kappa shape index (κ1) is 8.32. The van der Waals surface area contributed by atoms with E-state index in [0.29, 0.717) is 0 Å². The van der Waals surface area contributed by atoms with Crippen LogP contribution in [0.15, 0.2) is 0 Å². The van der Waals surface area contributed by atoms with Crippen molar-refractivity contribution in [3.63, 3.8) is 0 Å². The topological polar surface area (TPSA) is 0 Å². The van der Waals surface area contributed by atoms with E-state index in [1.54, 1.807) is 32.1 Å². The molecule has 0 radical (unpaired) electrons. The highest BCUT2D eigenvalue weighted by Crippen LogP contribution is 2.65. The third kappa shape index (κ3) is 0.980. The predicted octanol–water partition coefficient (Wildman–Crippen LogP) is 3.86. The molecule has 0 nitrogen and oxygen atoms in total. The predicted molar refractivity (Wildman–Crippen MR) is 55.4 cm³/mol. The zero-order valence-corrected chi connectivity index (χ0v) is 9.05. The minimum absolute atomic E-state index is 0.787. The smallest absolute Gasteiger partial charge is 0.0266 e. The van der Waals surface area contributed by atoms with Crippen molar-refractivity contribution in [2.45, 2.75) is 52.4 Å². The van der Waals surface area contributed by atoms with Crippen LogP contribution in [-0.2, 0) is 0 Å². The van der Waals surface area contributed by atoms with Crippen molar-refractivity contribution >= 4 is 0 Å². The molecule has 0 heterocycles. The van der Waals surface area contributed by atoms with Gasteiger partial charge in [0.1, 0.15) is 0 Å². The van der Waals surface area contributed by atoms with Crippen LogP contribution >= 0.6 is 0 Å². The first-order valence-corrected chi connectivity index (χ1v) is 6.20. The molecule has 0 aromatic heterocycles. The van der Waals surface area contributed by atoms with Gasteiger partial charge in [0.2, 0.25) is 0 Å². The van der Waals surface area contributed by atoms with Gasteiger partial charge < -0.3 is 0 Å². The largest absolute Gasteiger partial charge is 0.0625 e. The molecule has 3 rings (SSSR count). The molecule has 0 aromatic carbocycles. The summed E-state index contributed by atoms with van der Waals surface area (Å²) in [5.74, 6) is 4.40. The molecule has 0 spiro atoms. The molecule has 3 aliphatic rings. The SMILES string of the molecule is C[C@@H]1CCC2(C)C3CCC(C3)C2C1. The van der Waals surface area contributed by atoms with E-state index in [1.807, 2.05) is 0 Å². The van der Waals surface area contributed by atoms with Crippen molar-refractivity contribution in [1.29, 1.82) is 0 Å². The van der Waals surface area contributed by atoms with Gasteiger partial charge in [0.15, 0.2) is 0 Å². The van der Waals surface area contributed by atoms with Crippen LogP contribution in [-0.4, -0.2) is 0 Å². The van der Waals surface area contributed by atoms with Crippen LogP contribution in [0.1, 0.15) is 52.4 Å². The number of hydrogen-bond donors (Lipinski definition) is 0. The van der Waals surface area contributed by atoms with Crippen molar-refractivity contribution in [2.24, 2.45) is 29.1 Å². The highest BCUT2D eigenvalue weighted by Gasteiger charge is 2.56. The van der Waals surface area contributed by atoms with Gasteiger partial charge >= 0.3 is 0 Å². The maximum Gasteiger partial charge on any atom is -0.0266 e. The molecule has 0 N–H and O–H groups in total. The zero-order valence-electron chi connectivity index (χ0n) is 9.05. The highest BCUT2D eigenvalue weighted by molar-refractivity contribution is 5.05. The molecule has 3 aliphatic carbocycles. The summed E-state index contributed by atoms with van der Waals surface area (Å²) >= 11 is 0. The van der Waals surface area contributed by atoms with Crippen molar-refractivity contribution in [1.82, 2.24) is 0 Å². The van der Waals surface area contributed by atoms with E-state index in [-0.39, 0.29) is 0 Å². The number of rotatable bonds is 0. The molecule has 0 aromatic rings. The van der Waals surface area contributed by atoms with Gasteiger partial charge in [-0.15, -0.1) is 0 Å². The lowest BCUT2D eigenvalue weighted by Gasteiger charge is -2.47. The van der Waals surface area contributed by atoms with Gasteiger partial charge in [0.25, 0.3) is 0 Å². The number of hydrogen-bond acceptors (Lipinski definition) is 0. The summed E-state index contributed by atoms with van der Waals surface area (Å²) < 4.78 is 0. The lowest BCUT2D eigenvalue weighted by atomic mass is 9.58. The lowest BCUT2D eigenvalue weighted by Crippen LogP contribution is -2.38. The van der Waals surface area contributed by atoms with Gasteiger partial charge in [0.05, 0.1) is 0 Å². The van der Waals surface area contributed by atoms with E-state index in [1.165, 1.54) is 6.42 Å². The van der Waals surface area contributed by atoms with Gasteiger partial charge in [0, 0.05) is 0 Å². The van der Waals surface area contributed by atoms with Crippen LogP contribution in [0.5, 0.6) is 0 Å². The fraction of sp³-hybridized carbons (Fsp3) is 1.00. The second kappa shape index (κ2) is 2.52. The van der Waals surface area contributed by atoms with Crippen LogP contribution in [0, 0.1) is 29.1 Å². The fourth-order valence-corrected chi connectivity index (χ4v) is 4.78. The Balaban J connectivity index is 1.90. The van der Waals surface area contributed by atoms with Gasteiger partial charge in [-0.1, -0.05) is 20.3 Å².